The predicted molar refractivity (Wildman–Crippen MR) is 84.9 cm³/mol. The highest BCUT2D eigenvalue weighted by Crippen LogP contribution is 2.18. The van der Waals surface area contributed by atoms with Gasteiger partial charge in [0.05, 0.1) is 6.54 Å². The number of nitrogens with one attached hydrogen (secondary N) is 1. The van der Waals surface area contributed by atoms with Crippen molar-refractivity contribution >= 4 is 11.8 Å². The van der Waals surface area contributed by atoms with Crippen LogP contribution < -0.4 is 5.32 Å². The fraction of sp³-hybridized carbons (Fsp3) is 0.875. The highest BCUT2D eigenvalue weighted by Gasteiger charge is 2.31. The minimum atomic E-state index is -0.0541. The lowest BCUT2D eigenvalue weighted by molar-refractivity contribution is -0.138. The minimum absolute atomic E-state index is 0.0315. The number of hydrogen-bond donors (Lipinski definition) is 1. The largest absolute Gasteiger partial charge is 0.347 e. The fourth-order valence-electron chi connectivity index (χ4n) is 2.65. The molecule has 0 aromatic heterocycles. The summed E-state index contributed by atoms with van der Waals surface area (Å²) in [7, 11) is 2.09. The molecular formula is C16H31N3O2. The Morgan fingerprint density at radius 3 is 2.38 bits per heavy atom. The summed E-state index contributed by atoms with van der Waals surface area (Å²) < 4.78 is 0. The van der Waals surface area contributed by atoms with E-state index in [9.17, 15) is 9.59 Å². The normalized spacial score (nSPS) is 20.7. The van der Waals surface area contributed by atoms with Crippen LogP contribution in [0.15, 0.2) is 0 Å². The van der Waals surface area contributed by atoms with Gasteiger partial charge in [0.2, 0.25) is 11.8 Å². The van der Waals surface area contributed by atoms with Crippen LogP contribution in [0.3, 0.4) is 0 Å². The summed E-state index contributed by atoms with van der Waals surface area (Å²) in [5.74, 6) is 0.400. The summed E-state index contributed by atoms with van der Waals surface area (Å²) >= 11 is 0. The maximum absolute atomic E-state index is 12.4. The summed E-state index contributed by atoms with van der Waals surface area (Å²) in [4.78, 5) is 28.4. The molecule has 21 heavy (non-hydrogen) atoms. The van der Waals surface area contributed by atoms with Gasteiger partial charge in [0.1, 0.15) is 0 Å². The molecule has 0 aromatic carbocycles. The molecule has 5 heteroatoms. The maximum Gasteiger partial charge on any atom is 0.242 e. The van der Waals surface area contributed by atoms with Crippen LogP contribution in [0, 0.1) is 11.3 Å². The van der Waals surface area contributed by atoms with Crippen LogP contribution in [0.2, 0.25) is 0 Å². The van der Waals surface area contributed by atoms with Gasteiger partial charge in [-0.15, -0.1) is 0 Å². The minimum Gasteiger partial charge on any atom is -0.347 e. The van der Waals surface area contributed by atoms with Gasteiger partial charge in [0.25, 0.3) is 0 Å². The molecule has 0 radical (unpaired) electrons. The van der Waals surface area contributed by atoms with Gasteiger partial charge < -0.3 is 15.1 Å². The van der Waals surface area contributed by atoms with Crippen LogP contribution in [-0.2, 0) is 9.59 Å². The van der Waals surface area contributed by atoms with E-state index >= 15 is 0 Å². The van der Waals surface area contributed by atoms with E-state index in [4.69, 9.17) is 0 Å². The average molecular weight is 297 g/mol. The van der Waals surface area contributed by atoms with Crippen LogP contribution in [-0.4, -0.2) is 60.9 Å². The lowest BCUT2D eigenvalue weighted by Gasteiger charge is -2.42. The molecule has 1 heterocycles. The Hall–Kier alpha value is -1.10. The molecule has 0 saturated carbocycles. The molecule has 0 bridgehead atoms. The molecule has 1 N–H and O–H groups in total. The molecule has 2 amide bonds. The zero-order chi connectivity index (χ0) is 16.2. The van der Waals surface area contributed by atoms with Gasteiger partial charge in [0.15, 0.2) is 0 Å². The third kappa shape index (κ3) is 6.04. The van der Waals surface area contributed by atoms with Crippen LogP contribution >= 0.6 is 0 Å². The topological polar surface area (TPSA) is 52.6 Å². The van der Waals surface area contributed by atoms with Crippen LogP contribution in [0.25, 0.3) is 0 Å². The molecule has 1 aliphatic rings. The first-order valence-electron chi connectivity index (χ1n) is 7.85. The van der Waals surface area contributed by atoms with Crippen molar-refractivity contribution in [2.75, 3.05) is 33.2 Å². The average Bonchev–Trinajstić information content (AvgIpc) is 2.33. The maximum atomic E-state index is 12.4. The molecule has 0 aromatic rings. The number of carbonyl (C=O) groups excluding carboxylic acids is 2. The predicted octanol–water partition coefficient (Wildman–Crippen LogP) is 1.34. The highest BCUT2D eigenvalue weighted by molar-refractivity contribution is 5.85. The highest BCUT2D eigenvalue weighted by atomic mass is 16.2. The van der Waals surface area contributed by atoms with Crippen molar-refractivity contribution in [2.45, 2.75) is 47.1 Å². The smallest absolute Gasteiger partial charge is 0.242 e. The standard InChI is InChI=1S/C16H31N3O2/c1-12(2)13-11-18(6)7-8-19(13)15(21)10-17-14(20)9-16(3,4)5/h12-13H,7-11H2,1-6H3,(H,17,20). The van der Waals surface area contributed by atoms with E-state index in [0.717, 1.165) is 19.6 Å². The van der Waals surface area contributed by atoms with E-state index in [1.807, 2.05) is 25.7 Å². The van der Waals surface area contributed by atoms with E-state index < -0.39 is 0 Å². The van der Waals surface area contributed by atoms with E-state index in [-0.39, 0.29) is 29.8 Å². The molecule has 0 aliphatic carbocycles. The van der Waals surface area contributed by atoms with Gasteiger partial charge in [-0.3, -0.25) is 9.59 Å². The molecule has 1 saturated heterocycles. The second-order valence-electron chi connectivity index (χ2n) is 7.67. The Labute approximate surface area is 129 Å². The van der Waals surface area contributed by atoms with Gasteiger partial charge in [0, 0.05) is 32.1 Å². The monoisotopic (exact) mass is 297 g/mol. The number of likely N-dealkylation sites (N-methyl/N-ethyl adjacent to an activating group) is 1. The van der Waals surface area contributed by atoms with Crippen molar-refractivity contribution in [1.29, 1.82) is 0 Å². The van der Waals surface area contributed by atoms with E-state index in [1.165, 1.54) is 0 Å². The molecule has 1 rings (SSSR count). The lowest BCUT2D eigenvalue weighted by Crippen LogP contribution is -2.57. The molecule has 5 nitrogen and oxygen atoms in total. The van der Waals surface area contributed by atoms with Gasteiger partial charge in [-0.2, -0.15) is 0 Å². The van der Waals surface area contributed by atoms with Crippen molar-refractivity contribution in [3.8, 4) is 0 Å². The lowest BCUT2D eigenvalue weighted by atomic mass is 9.92. The molecular weight excluding hydrogens is 266 g/mol. The second-order valence-corrected chi connectivity index (χ2v) is 7.67. The van der Waals surface area contributed by atoms with Crippen LogP contribution in [0.5, 0.6) is 0 Å². The summed E-state index contributed by atoms with van der Waals surface area (Å²) in [6.45, 7) is 13.0. The Balaban J connectivity index is 2.52. The Morgan fingerprint density at radius 1 is 1.24 bits per heavy atom. The van der Waals surface area contributed by atoms with Gasteiger partial charge in [-0.25, -0.2) is 0 Å². The van der Waals surface area contributed by atoms with Crippen LogP contribution in [0.4, 0.5) is 0 Å². The van der Waals surface area contributed by atoms with Crippen molar-refractivity contribution < 1.29 is 9.59 Å². The quantitative estimate of drug-likeness (QED) is 0.852. The summed E-state index contributed by atoms with van der Waals surface area (Å²) in [6, 6.07) is 0.232. The Morgan fingerprint density at radius 2 is 1.86 bits per heavy atom. The third-order valence-electron chi connectivity index (χ3n) is 3.84. The second kappa shape index (κ2) is 7.25. The number of amides is 2. The number of piperazine rings is 1. The van der Waals surface area contributed by atoms with Crippen molar-refractivity contribution in [3.63, 3.8) is 0 Å². The zero-order valence-corrected chi connectivity index (χ0v) is 14.4. The molecule has 0 spiro atoms. The number of rotatable bonds is 4. The van der Waals surface area contributed by atoms with E-state index in [2.05, 4.69) is 31.1 Å². The molecule has 1 atom stereocenters. The van der Waals surface area contributed by atoms with Crippen LogP contribution in [0.1, 0.15) is 41.0 Å². The van der Waals surface area contributed by atoms with Crippen molar-refractivity contribution in [1.82, 2.24) is 15.1 Å². The molecule has 1 fully saturated rings. The first-order valence-corrected chi connectivity index (χ1v) is 7.85. The van der Waals surface area contributed by atoms with Crippen molar-refractivity contribution in [2.24, 2.45) is 11.3 Å². The SMILES string of the molecule is CC(C)C1CN(C)CCN1C(=O)CNC(=O)CC(C)(C)C. The summed E-state index contributed by atoms with van der Waals surface area (Å²) in [6.07, 6.45) is 0.441. The van der Waals surface area contributed by atoms with E-state index in [1.54, 1.807) is 0 Å². The Kier molecular flexibility index (Phi) is 6.20. The van der Waals surface area contributed by atoms with Gasteiger partial charge in [-0.1, -0.05) is 34.6 Å². The first kappa shape index (κ1) is 18.0. The third-order valence-corrected chi connectivity index (χ3v) is 3.84. The molecule has 1 unspecified atom stereocenters. The number of carbonyl (C=O) groups is 2. The fourth-order valence-corrected chi connectivity index (χ4v) is 2.65. The Bertz CT molecular complexity index is 374. The number of hydrogen-bond acceptors (Lipinski definition) is 3. The van der Waals surface area contributed by atoms with Gasteiger partial charge >= 0.3 is 0 Å². The number of nitrogens with zero attached hydrogens (tertiary/aromatic N) is 2. The molecule has 1 aliphatic heterocycles. The zero-order valence-electron chi connectivity index (χ0n) is 14.4. The van der Waals surface area contributed by atoms with Gasteiger partial charge in [-0.05, 0) is 18.4 Å². The van der Waals surface area contributed by atoms with Crippen molar-refractivity contribution in [3.05, 3.63) is 0 Å². The summed E-state index contributed by atoms with van der Waals surface area (Å²) in [5.41, 5.74) is -0.0541. The van der Waals surface area contributed by atoms with E-state index in [0.29, 0.717) is 12.3 Å². The first-order chi connectivity index (χ1) is 9.60. The summed E-state index contributed by atoms with van der Waals surface area (Å²) in [5, 5.41) is 2.76. The molecule has 122 valence electrons.